The van der Waals surface area contributed by atoms with E-state index in [1.54, 1.807) is 6.08 Å². The zero-order valence-electron chi connectivity index (χ0n) is 21.3. The topological polar surface area (TPSA) is 69.6 Å². The highest BCUT2D eigenvalue weighted by molar-refractivity contribution is 6.30. The van der Waals surface area contributed by atoms with Gasteiger partial charge in [-0.15, -0.1) is 0 Å². The Hall–Kier alpha value is -3.29. The van der Waals surface area contributed by atoms with E-state index in [2.05, 4.69) is 4.90 Å². The number of aromatic nitrogens is 2. The van der Waals surface area contributed by atoms with Crippen LogP contribution >= 0.6 is 11.6 Å². The Labute approximate surface area is 227 Å². The SMILES string of the molecule is O=C(c1ccc2nc(C3C=CC(F)=CC3)c(CCCCCO)nc2c1)N1CCN(c2ccc(Cl)cc2)CC1. The molecule has 2 aliphatic rings. The first kappa shape index (κ1) is 26.3. The van der Waals surface area contributed by atoms with Gasteiger partial charge in [0.05, 0.1) is 22.4 Å². The molecule has 0 radical (unpaired) electrons. The van der Waals surface area contributed by atoms with Crippen LogP contribution in [0, 0.1) is 0 Å². The fraction of sp³-hybridized carbons (Fsp3) is 0.367. The third kappa shape index (κ3) is 6.05. The molecule has 2 aromatic carbocycles. The van der Waals surface area contributed by atoms with Gasteiger partial charge in [-0.3, -0.25) is 4.79 Å². The van der Waals surface area contributed by atoms with Gasteiger partial charge in [-0.25, -0.2) is 14.4 Å². The van der Waals surface area contributed by atoms with Crippen molar-refractivity contribution in [1.29, 1.82) is 0 Å². The van der Waals surface area contributed by atoms with E-state index in [0.29, 0.717) is 35.6 Å². The number of aliphatic hydroxyl groups is 1. The van der Waals surface area contributed by atoms with Gasteiger partial charge in [-0.2, -0.15) is 0 Å². The second-order valence-corrected chi connectivity index (χ2v) is 10.3. The molecule has 1 N–H and O–H groups in total. The zero-order valence-corrected chi connectivity index (χ0v) is 22.1. The second-order valence-electron chi connectivity index (χ2n) is 9.84. The van der Waals surface area contributed by atoms with E-state index in [0.717, 1.165) is 61.4 Å². The predicted molar refractivity (Wildman–Crippen MR) is 149 cm³/mol. The third-order valence-corrected chi connectivity index (χ3v) is 7.50. The number of halogens is 2. The summed E-state index contributed by atoms with van der Waals surface area (Å²) in [6, 6.07) is 13.3. The van der Waals surface area contributed by atoms with Crippen LogP contribution in [0.2, 0.25) is 5.02 Å². The second kappa shape index (κ2) is 12.0. The molecule has 2 heterocycles. The number of nitrogens with zero attached hydrogens (tertiary/aromatic N) is 4. The molecule has 0 bridgehead atoms. The number of carbonyl (C=O) groups excluding carboxylic acids is 1. The summed E-state index contributed by atoms with van der Waals surface area (Å²) >= 11 is 6.02. The Morgan fingerprint density at radius 1 is 1.00 bits per heavy atom. The largest absolute Gasteiger partial charge is 0.396 e. The maximum atomic E-state index is 13.6. The van der Waals surface area contributed by atoms with Crippen molar-refractivity contribution in [1.82, 2.24) is 14.9 Å². The van der Waals surface area contributed by atoms with Gasteiger partial charge in [-0.05, 0) is 80.3 Å². The molecule has 6 nitrogen and oxygen atoms in total. The molecular weight excluding hydrogens is 503 g/mol. The number of benzene rings is 2. The van der Waals surface area contributed by atoms with Gasteiger partial charge in [0.25, 0.3) is 5.91 Å². The molecule has 1 unspecified atom stereocenters. The van der Waals surface area contributed by atoms with Crippen LogP contribution in [0.25, 0.3) is 11.0 Å². The maximum absolute atomic E-state index is 13.6. The first-order valence-electron chi connectivity index (χ1n) is 13.3. The molecule has 1 fully saturated rings. The van der Waals surface area contributed by atoms with Crippen molar-refractivity contribution in [3.8, 4) is 0 Å². The predicted octanol–water partition coefficient (Wildman–Crippen LogP) is 5.85. The van der Waals surface area contributed by atoms with Crippen molar-refractivity contribution in [2.45, 2.75) is 38.0 Å². The zero-order chi connectivity index (χ0) is 26.5. The molecule has 0 spiro atoms. The van der Waals surface area contributed by atoms with E-state index in [1.165, 1.54) is 6.08 Å². The van der Waals surface area contributed by atoms with Crippen molar-refractivity contribution < 1.29 is 14.3 Å². The van der Waals surface area contributed by atoms with Crippen LogP contribution in [0.15, 0.2) is 66.5 Å². The van der Waals surface area contributed by atoms with Crippen molar-refractivity contribution in [2.24, 2.45) is 0 Å². The average Bonchev–Trinajstić information content (AvgIpc) is 2.95. The van der Waals surface area contributed by atoms with Crippen molar-refractivity contribution in [2.75, 3.05) is 37.7 Å². The van der Waals surface area contributed by atoms with Crippen molar-refractivity contribution in [3.63, 3.8) is 0 Å². The summed E-state index contributed by atoms with van der Waals surface area (Å²) in [7, 11) is 0. The maximum Gasteiger partial charge on any atom is 0.254 e. The van der Waals surface area contributed by atoms with E-state index in [4.69, 9.17) is 26.7 Å². The number of aryl methyl sites for hydroxylation is 1. The number of fused-ring (bicyclic) bond motifs is 1. The standard InChI is InChI=1S/C30H32ClFN4O2/c31-23-8-12-25(13-9-23)35-15-17-36(18-16-35)30(38)22-7-14-26-28(20-22)33-27(4-2-1-3-19-37)29(34-26)21-5-10-24(32)11-6-21/h5,7-14,20-21,37H,1-4,6,15-19H2. The first-order valence-corrected chi connectivity index (χ1v) is 13.6. The van der Waals surface area contributed by atoms with Crippen LogP contribution in [0.1, 0.15) is 53.3 Å². The number of hydrogen-bond acceptors (Lipinski definition) is 5. The quantitative estimate of drug-likeness (QED) is 0.367. The van der Waals surface area contributed by atoms with Gasteiger partial charge in [0.1, 0.15) is 5.83 Å². The van der Waals surface area contributed by atoms with Gasteiger partial charge >= 0.3 is 0 Å². The highest BCUT2D eigenvalue weighted by Gasteiger charge is 2.24. The Morgan fingerprint density at radius 3 is 2.50 bits per heavy atom. The molecule has 1 aliphatic heterocycles. The van der Waals surface area contributed by atoms with Gasteiger partial charge < -0.3 is 14.9 Å². The molecular formula is C30H32ClFN4O2. The number of aliphatic hydroxyl groups excluding tert-OH is 1. The van der Waals surface area contributed by atoms with Crippen molar-refractivity contribution >= 4 is 34.2 Å². The highest BCUT2D eigenvalue weighted by atomic mass is 35.5. The number of allylic oxidation sites excluding steroid dienone is 4. The number of amides is 1. The Morgan fingerprint density at radius 2 is 1.79 bits per heavy atom. The molecule has 3 aromatic rings. The molecule has 1 saturated heterocycles. The molecule has 1 amide bonds. The average molecular weight is 535 g/mol. The van der Waals surface area contributed by atoms with E-state index >= 15 is 0 Å². The normalized spacial score (nSPS) is 17.7. The number of piperazine rings is 1. The smallest absolute Gasteiger partial charge is 0.254 e. The number of hydrogen-bond donors (Lipinski definition) is 1. The Bertz CT molecular complexity index is 1350. The minimum absolute atomic E-state index is 0.00569. The van der Waals surface area contributed by atoms with Crippen LogP contribution in [0.4, 0.5) is 10.1 Å². The van der Waals surface area contributed by atoms with Gasteiger partial charge in [0.15, 0.2) is 0 Å². The summed E-state index contributed by atoms with van der Waals surface area (Å²) in [5, 5.41) is 9.85. The van der Waals surface area contributed by atoms with Gasteiger partial charge in [-0.1, -0.05) is 24.1 Å². The third-order valence-electron chi connectivity index (χ3n) is 7.25. The van der Waals surface area contributed by atoms with Crippen LogP contribution in [0.3, 0.4) is 0 Å². The summed E-state index contributed by atoms with van der Waals surface area (Å²) in [4.78, 5) is 27.4. The monoisotopic (exact) mass is 534 g/mol. The van der Waals surface area contributed by atoms with E-state index in [1.807, 2.05) is 53.4 Å². The highest BCUT2D eigenvalue weighted by Crippen LogP contribution is 2.30. The first-order chi connectivity index (χ1) is 18.5. The van der Waals surface area contributed by atoms with Gasteiger partial charge in [0.2, 0.25) is 0 Å². The van der Waals surface area contributed by atoms with Crippen molar-refractivity contribution in [3.05, 3.63) is 88.5 Å². The van der Waals surface area contributed by atoms with E-state index in [9.17, 15) is 9.18 Å². The lowest BCUT2D eigenvalue weighted by molar-refractivity contribution is 0.0747. The summed E-state index contributed by atoms with van der Waals surface area (Å²) in [6.07, 6.45) is 8.71. The number of unbranched alkanes of at least 4 members (excludes halogenated alkanes) is 2. The van der Waals surface area contributed by atoms with E-state index in [-0.39, 0.29) is 24.3 Å². The Kier molecular flexibility index (Phi) is 8.35. The molecule has 1 aromatic heterocycles. The number of anilines is 1. The number of carbonyl (C=O) groups is 1. The van der Waals surface area contributed by atoms with E-state index < -0.39 is 0 Å². The lowest BCUT2D eigenvalue weighted by atomic mass is 9.93. The molecule has 38 heavy (non-hydrogen) atoms. The van der Waals surface area contributed by atoms with Crippen LogP contribution < -0.4 is 4.90 Å². The molecule has 1 atom stereocenters. The molecule has 1 aliphatic carbocycles. The summed E-state index contributed by atoms with van der Waals surface area (Å²) < 4.78 is 13.6. The number of rotatable bonds is 8. The fourth-order valence-corrected chi connectivity index (χ4v) is 5.22. The Balaban J connectivity index is 1.34. The molecule has 8 heteroatoms. The fourth-order valence-electron chi connectivity index (χ4n) is 5.10. The molecule has 0 saturated carbocycles. The van der Waals surface area contributed by atoms with Gasteiger partial charge in [0, 0.05) is 55.0 Å². The molecule has 5 rings (SSSR count). The van der Waals surface area contributed by atoms with Crippen LogP contribution in [0.5, 0.6) is 0 Å². The lowest BCUT2D eigenvalue weighted by Gasteiger charge is -2.36. The summed E-state index contributed by atoms with van der Waals surface area (Å²) in [6.45, 7) is 2.96. The van der Waals surface area contributed by atoms with Crippen LogP contribution in [-0.4, -0.2) is 58.7 Å². The lowest BCUT2D eigenvalue weighted by Crippen LogP contribution is -2.48. The minimum Gasteiger partial charge on any atom is -0.396 e. The molecule has 198 valence electrons. The van der Waals surface area contributed by atoms with Crippen LogP contribution in [-0.2, 0) is 6.42 Å². The minimum atomic E-state index is -0.225. The summed E-state index contributed by atoms with van der Waals surface area (Å²) in [5.74, 6) is -0.261. The summed E-state index contributed by atoms with van der Waals surface area (Å²) in [5.41, 5.74) is 4.87.